The Morgan fingerprint density at radius 3 is 2.12 bits per heavy atom. The molecule has 7 nitrogen and oxygen atoms in total. The van der Waals surface area contributed by atoms with Crippen LogP contribution in [0.15, 0.2) is 78.4 Å². The summed E-state index contributed by atoms with van der Waals surface area (Å²) in [7, 11) is 0. The molecule has 2 rings (SSSR count). The molecule has 1 unspecified atom stereocenters. The van der Waals surface area contributed by atoms with Gasteiger partial charge in [0.2, 0.25) is 0 Å². The zero-order valence-corrected chi connectivity index (χ0v) is 25.7. The van der Waals surface area contributed by atoms with Crippen LogP contribution in [0, 0.1) is 11.8 Å². The number of carbonyl (C=O) groups excluding carboxylic acids is 2. The average molecular weight is 568 g/mol. The number of alkyl carbamates (subject to hydrolysis) is 1. The summed E-state index contributed by atoms with van der Waals surface area (Å²) in [5.74, 6) is 3.50. The van der Waals surface area contributed by atoms with E-state index in [0.717, 1.165) is 29.4 Å². The molecule has 0 spiro atoms. The number of allylic oxidation sites excluding steroid dienone is 3. The third kappa shape index (κ3) is 19.1. The largest absolute Gasteiger partial charge is 0.492 e. The number of para-hydroxylation sites is 1. The van der Waals surface area contributed by atoms with Crippen LogP contribution in [0.25, 0.3) is 0 Å². The van der Waals surface area contributed by atoms with E-state index in [1.807, 2.05) is 74.5 Å². The summed E-state index contributed by atoms with van der Waals surface area (Å²) in [6, 6.07) is 16.9. The van der Waals surface area contributed by atoms with Gasteiger partial charge in [-0.1, -0.05) is 70.4 Å². The molecule has 0 aliphatic heterocycles. The van der Waals surface area contributed by atoms with Crippen molar-refractivity contribution in [2.45, 2.75) is 67.2 Å². The molecule has 1 amide bonds. The van der Waals surface area contributed by atoms with Crippen LogP contribution in [0.3, 0.4) is 0 Å². The lowest BCUT2D eigenvalue weighted by Crippen LogP contribution is -2.28. The van der Waals surface area contributed by atoms with E-state index >= 15 is 0 Å². The molecular formula is C34H49NO6. The lowest BCUT2D eigenvalue weighted by atomic mass is 9.97. The Morgan fingerprint density at radius 1 is 0.854 bits per heavy atom. The summed E-state index contributed by atoms with van der Waals surface area (Å²) in [4.78, 5) is 22.3. The minimum atomic E-state index is -0.433. The zero-order valence-electron chi connectivity index (χ0n) is 25.7. The molecule has 0 aliphatic carbocycles. The van der Waals surface area contributed by atoms with Crippen LogP contribution in [-0.2, 0) is 14.3 Å². The predicted molar refractivity (Wildman–Crippen MR) is 165 cm³/mol. The first-order valence-electron chi connectivity index (χ1n) is 14.6. The van der Waals surface area contributed by atoms with E-state index in [1.165, 1.54) is 19.3 Å². The van der Waals surface area contributed by atoms with E-state index in [4.69, 9.17) is 18.9 Å². The summed E-state index contributed by atoms with van der Waals surface area (Å²) in [5.41, 5.74) is 0.952. The van der Waals surface area contributed by atoms with Crippen molar-refractivity contribution in [1.29, 1.82) is 0 Å². The van der Waals surface area contributed by atoms with Crippen molar-refractivity contribution in [1.82, 2.24) is 5.32 Å². The topological polar surface area (TPSA) is 83.1 Å². The molecule has 0 saturated heterocycles. The van der Waals surface area contributed by atoms with Crippen molar-refractivity contribution in [2.24, 2.45) is 11.8 Å². The molecule has 2 aromatic rings. The third-order valence-electron chi connectivity index (χ3n) is 5.75. The number of esters is 1. The molecule has 0 heterocycles. The van der Waals surface area contributed by atoms with Gasteiger partial charge in [-0.05, 0) is 81.0 Å². The van der Waals surface area contributed by atoms with Crippen molar-refractivity contribution in [3.63, 3.8) is 0 Å². The second kappa shape index (κ2) is 22.0. The van der Waals surface area contributed by atoms with Gasteiger partial charge >= 0.3 is 12.1 Å². The monoisotopic (exact) mass is 567 g/mol. The summed E-state index contributed by atoms with van der Waals surface area (Å²) in [6.45, 7) is 13.9. The normalized spacial score (nSPS) is 11.8. The molecule has 0 aromatic heterocycles. The van der Waals surface area contributed by atoms with Gasteiger partial charge in [0, 0.05) is 6.08 Å². The minimum Gasteiger partial charge on any atom is -0.492 e. The quantitative estimate of drug-likeness (QED) is 0.0947. The number of ether oxygens (including phenoxy) is 4. The SMILES string of the molecule is CCOC(=O)/C=C(C)/C=C/CC(C)CCCC(C)C.CCOC(=O)NCCOc1ccc(Oc2ccccc2)cc1. The molecule has 226 valence electrons. The van der Waals surface area contributed by atoms with E-state index in [0.29, 0.717) is 38.0 Å². The number of nitrogens with one attached hydrogen (secondary N) is 1. The van der Waals surface area contributed by atoms with Crippen LogP contribution in [0.1, 0.15) is 67.2 Å². The van der Waals surface area contributed by atoms with Crippen LogP contribution >= 0.6 is 0 Å². The molecular weight excluding hydrogens is 518 g/mol. The fourth-order valence-corrected chi connectivity index (χ4v) is 3.63. The maximum absolute atomic E-state index is 11.2. The highest BCUT2D eigenvalue weighted by Crippen LogP contribution is 2.23. The first-order valence-corrected chi connectivity index (χ1v) is 14.6. The number of hydrogen-bond acceptors (Lipinski definition) is 6. The average Bonchev–Trinajstić information content (AvgIpc) is 2.93. The van der Waals surface area contributed by atoms with Gasteiger partial charge in [0.1, 0.15) is 23.9 Å². The zero-order chi connectivity index (χ0) is 30.3. The Kier molecular flexibility index (Phi) is 18.9. The van der Waals surface area contributed by atoms with E-state index in [-0.39, 0.29) is 5.97 Å². The lowest BCUT2D eigenvalue weighted by Gasteiger charge is -2.09. The van der Waals surface area contributed by atoms with Gasteiger partial charge in [-0.3, -0.25) is 0 Å². The maximum atomic E-state index is 11.2. The fraction of sp³-hybridized carbons (Fsp3) is 0.471. The second-order valence-corrected chi connectivity index (χ2v) is 10.1. The number of rotatable bonds is 16. The van der Waals surface area contributed by atoms with E-state index in [9.17, 15) is 9.59 Å². The smallest absolute Gasteiger partial charge is 0.407 e. The third-order valence-corrected chi connectivity index (χ3v) is 5.75. The van der Waals surface area contributed by atoms with Gasteiger partial charge in [0.15, 0.2) is 0 Å². The van der Waals surface area contributed by atoms with Crippen molar-refractivity contribution < 1.29 is 28.5 Å². The van der Waals surface area contributed by atoms with Crippen LogP contribution in [0.2, 0.25) is 0 Å². The molecule has 0 saturated carbocycles. The van der Waals surface area contributed by atoms with Crippen molar-refractivity contribution in [3.05, 3.63) is 78.4 Å². The molecule has 2 aromatic carbocycles. The lowest BCUT2D eigenvalue weighted by molar-refractivity contribution is -0.137. The first-order chi connectivity index (χ1) is 19.7. The van der Waals surface area contributed by atoms with Crippen LogP contribution in [-0.4, -0.2) is 38.4 Å². The Hall–Kier alpha value is -3.74. The summed E-state index contributed by atoms with van der Waals surface area (Å²) in [6.07, 6.45) is 10.3. The number of hydrogen-bond donors (Lipinski definition) is 1. The number of benzene rings is 2. The van der Waals surface area contributed by atoms with Gasteiger partial charge in [-0.2, -0.15) is 0 Å². The van der Waals surface area contributed by atoms with E-state index < -0.39 is 6.09 Å². The van der Waals surface area contributed by atoms with Gasteiger partial charge in [-0.15, -0.1) is 0 Å². The fourth-order valence-electron chi connectivity index (χ4n) is 3.63. The molecule has 7 heteroatoms. The minimum absolute atomic E-state index is 0.255. The predicted octanol–water partition coefficient (Wildman–Crippen LogP) is 8.51. The van der Waals surface area contributed by atoms with Crippen LogP contribution in [0.5, 0.6) is 17.2 Å². The molecule has 0 aliphatic rings. The highest BCUT2D eigenvalue weighted by Gasteiger charge is 2.02. The summed E-state index contributed by atoms with van der Waals surface area (Å²) >= 11 is 0. The van der Waals surface area contributed by atoms with E-state index in [2.05, 4.69) is 32.2 Å². The molecule has 1 atom stereocenters. The van der Waals surface area contributed by atoms with Gasteiger partial charge in [0.25, 0.3) is 0 Å². The van der Waals surface area contributed by atoms with Crippen molar-refractivity contribution in [2.75, 3.05) is 26.4 Å². The maximum Gasteiger partial charge on any atom is 0.407 e. The van der Waals surface area contributed by atoms with Crippen LogP contribution < -0.4 is 14.8 Å². The molecule has 0 radical (unpaired) electrons. The molecule has 41 heavy (non-hydrogen) atoms. The first kappa shape index (κ1) is 35.3. The number of carbonyl (C=O) groups is 2. The highest BCUT2D eigenvalue weighted by atomic mass is 16.5. The Balaban J connectivity index is 0.000000416. The Bertz CT molecular complexity index is 1030. The number of amides is 1. The van der Waals surface area contributed by atoms with Crippen molar-refractivity contribution >= 4 is 12.1 Å². The Labute approximate surface area is 246 Å². The molecule has 0 fully saturated rings. The Morgan fingerprint density at radius 2 is 1.49 bits per heavy atom. The van der Waals surface area contributed by atoms with Crippen molar-refractivity contribution in [3.8, 4) is 17.2 Å². The molecule has 1 N–H and O–H groups in total. The summed E-state index contributed by atoms with van der Waals surface area (Å²) < 4.78 is 20.8. The second-order valence-electron chi connectivity index (χ2n) is 10.1. The molecule has 0 bridgehead atoms. The standard InChI is InChI=1S/C17H19NO4.C17H30O2/c1-2-20-17(19)18-12-13-21-14-8-10-16(11-9-14)22-15-6-4-3-5-7-15;1-6-19-17(18)13-16(5)12-8-11-15(4)10-7-9-14(2)3/h3-11H,2,12-13H2,1H3,(H,18,19);8,12-15H,6-7,9-11H2,1-5H3/b;12-8+,16-13+. The van der Waals surface area contributed by atoms with E-state index in [1.54, 1.807) is 13.0 Å². The van der Waals surface area contributed by atoms with Crippen LogP contribution in [0.4, 0.5) is 4.79 Å². The highest BCUT2D eigenvalue weighted by molar-refractivity contribution is 5.83. The van der Waals surface area contributed by atoms with Gasteiger partial charge < -0.3 is 24.3 Å². The van der Waals surface area contributed by atoms with Gasteiger partial charge in [0.05, 0.1) is 19.8 Å². The van der Waals surface area contributed by atoms with Gasteiger partial charge in [-0.25, -0.2) is 9.59 Å². The summed E-state index contributed by atoms with van der Waals surface area (Å²) in [5, 5.41) is 2.59.